The fourth-order valence-electron chi connectivity index (χ4n) is 1.45. The van der Waals surface area contributed by atoms with Gasteiger partial charge in [0.25, 0.3) is 0 Å². The van der Waals surface area contributed by atoms with Gasteiger partial charge in [0.1, 0.15) is 15.9 Å². The summed E-state index contributed by atoms with van der Waals surface area (Å²) in [5, 5.41) is 0. The Hall–Kier alpha value is -1.11. The quantitative estimate of drug-likeness (QED) is 0.864. The molecule has 0 radical (unpaired) electrons. The van der Waals surface area contributed by atoms with E-state index in [1.807, 2.05) is 6.07 Å². The number of amides is 1. The molecule has 1 atom stereocenters. The third kappa shape index (κ3) is 6.04. The van der Waals surface area contributed by atoms with Crippen LogP contribution in [0.25, 0.3) is 0 Å². The topological polar surface area (TPSA) is 80.5 Å². The highest BCUT2D eigenvalue weighted by atomic mass is 35.5. The molecule has 0 bridgehead atoms. The number of sulfone groups is 1. The fraction of sp³-hybridized carbons (Fsp3) is 0.417. The number of nitrogens with two attached hydrogens (primary N) is 1. The molecule has 5 nitrogen and oxygen atoms in total. The maximum absolute atomic E-state index is 12.0. The minimum Gasteiger partial charge on any atom is -0.343 e. The van der Waals surface area contributed by atoms with Gasteiger partial charge in [-0.1, -0.05) is 30.3 Å². The van der Waals surface area contributed by atoms with Gasteiger partial charge in [0.15, 0.2) is 0 Å². The Morgan fingerprint density at radius 1 is 1.32 bits per heavy atom. The molecule has 1 unspecified atom stereocenters. The average molecular weight is 307 g/mol. The van der Waals surface area contributed by atoms with Crippen molar-refractivity contribution in [2.24, 2.45) is 5.73 Å². The highest BCUT2D eigenvalue weighted by Crippen LogP contribution is 2.11. The van der Waals surface area contributed by atoms with Gasteiger partial charge in [-0.3, -0.25) is 4.79 Å². The first-order chi connectivity index (χ1) is 8.31. The molecular weight excluding hydrogens is 288 g/mol. The number of rotatable bonds is 5. The maximum atomic E-state index is 12.0. The Labute approximate surface area is 120 Å². The second-order valence-electron chi connectivity index (χ2n) is 4.28. The van der Waals surface area contributed by atoms with E-state index in [2.05, 4.69) is 0 Å². The normalized spacial score (nSPS) is 12.4. The molecule has 0 saturated carbocycles. The average Bonchev–Trinajstić information content (AvgIpc) is 2.34. The lowest BCUT2D eigenvalue weighted by Gasteiger charge is -2.21. The molecule has 2 N–H and O–H groups in total. The number of hydrogen-bond donors (Lipinski definition) is 1. The van der Waals surface area contributed by atoms with E-state index >= 15 is 0 Å². The molecule has 0 aromatic heterocycles. The molecule has 1 aromatic rings. The van der Waals surface area contributed by atoms with Crippen molar-refractivity contribution in [3.8, 4) is 0 Å². The van der Waals surface area contributed by atoms with Crippen LogP contribution in [0.1, 0.15) is 11.6 Å². The first-order valence-electron chi connectivity index (χ1n) is 5.54. The zero-order valence-electron chi connectivity index (χ0n) is 10.9. The van der Waals surface area contributed by atoms with Crippen LogP contribution in [0.5, 0.6) is 0 Å². The Morgan fingerprint density at radius 2 is 1.84 bits per heavy atom. The summed E-state index contributed by atoms with van der Waals surface area (Å²) < 4.78 is 22.1. The summed E-state index contributed by atoms with van der Waals surface area (Å²) in [6.07, 6.45) is 1.14. The Kier molecular flexibility index (Phi) is 7.04. The highest BCUT2D eigenvalue weighted by Gasteiger charge is 2.20. The van der Waals surface area contributed by atoms with Gasteiger partial charge >= 0.3 is 0 Å². The summed E-state index contributed by atoms with van der Waals surface area (Å²) in [5.41, 5.74) is 6.55. The molecule has 108 valence electrons. The molecule has 0 spiro atoms. The van der Waals surface area contributed by atoms with Crippen LogP contribution in [0.2, 0.25) is 0 Å². The SMILES string of the molecule is CN(CCS(C)(=O)=O)C(=O)C(N)c1ccccc1.Cl. The summed E-state index contributed by atoms with van der Waals surface area (Å²) in [7, 11) is -1.53. The Bertz CT molecular complexity index is 505. The van der Waals surface area contributed by atoms with Gasteiger partial charge in [-0.2, -0.15) is 0 Å². The smallest absolute Gasteiger partial charge is 0.243 e. The van der Waals surface area contributed by atoms with Gasteiger partial charge < -0.3 is 10.6 Å². The Balaban J connectivity index is 0.00000324. The number of carbonyl (C=O) groups is 1. The van der Waals surface area contributed by atoms with Crippen molar-refractivity contribution in [3.05, 3.63) is 35.9 Å². The van der Waals surface area contributed by atoms with Crippen molar-refractivity contribution in [1.29, 1.82) is 0 Å². The van der Waals surface area contributed by atoms with Gasteiger partial charge in [0, 0.05) is 19.8 Å². The number of benzene rings is 1. The molecule has 0 aliphatic rings. The number of carbonyl (C=O) groups excluding carboxylic acids is 1. The summed E-state index contributed by atoms with van der Waals surface area (Å²) in [6, 6.07) is 8.24. The summed E-state index contributed by atoms with van der Waals surface area (Å²) in [4.78, 5) is 13.3. The summed E-state index contributed by atoms with van der Waals surface area (Å²) in [5.74, 6) is -0.346. The van der Waals surface area contributed by atoms with Crippen molar-refractivity contribution < 1.29 is 13.2 Å². The molecule has 0 heterocycles. The minimum atomic E-state index is -3.08. The lowest BCUT2D eigenvalue weighted by molar-refractivity contribution is -0.131. The van der Waals surface area contributed by atoms with E-state index in [1.165, 1.54) is 4.90 Å². The van der Waals surface area contributed by atoms with Crippen LogP contribution in [0, 0.1) is 0 Å². The molecule has 0 saturated heterocycles. The molecule has 0 aliphatic carbocycles. The Morgan fingerprint density at radius 3 is 2.32 bits per heavy atom. The zero-order valence-corrected chi connectivity index (χ0v) is 12.6. The zero-order chi connectivity index (χ0) is 13.8. The molecule has 0 fully saturated rings. The van der Waals surface area contributed by atoms with E-state index in [-0.39, 0.29) is 30.6 Å². The van der Waals surface area contributed by atoms with Crippen molar-refractivity contribution in [2.75, 3.05) is 25.6 Å². The molecule has 1 rings (SSSR count). The van der Waals surface area contributed by atoms with Gasteiger partial charge in [-0.25, -0.2) is 8.42 Å². The second kappa shape index (κ2) is 7.47. The predicted molar refractivity (Wildman–Crippen MR) is 78.0 cm³/mol. The molecule has 0 aliphatic heterocycles. The summed E-state index contributed by atoms with van der Waals surface area (Å²) in [6.45, 7) is 0.151. The van der Waals surface area contributed by atoms with Crippen LogP contribution >= 0.6 is 12.4 Å². The van der Waals surface area contributed by atoms with Crippen LogP contribution in [0.15, 0.2) is 30.3 Å². The number of likely N-dealkylation sites (N-methyl/N-ethyl adjacent to an activating group) is 1. The van der Waals surface area contributed by atoms with E-state index in [1.54, 1.807) is 31.3 Å². The number of hydrogen-bond acceptors (Lipinski definition) is 4. The number of nitrogens with zero attached hydrogens (tertiary/aromatic N) is 1. The van der Waals surface area contributed by atoms with Crippen LogP contribution in [-0.4, -0.2) is 44.8 Å². The van der Waals surface area contributed by atoms with Gasteiger partial charge in [0.05, 0.1) is 5.75 Å². The predicted octanol–water partition coefficient (Wildman–Crippen LogP) is 0.611. The maximum Gasteiger partial charge on any atom is 0.243 e. The van der Waals surface area contributed by atoms with Crippen molar-refractivity contribution in [2.45, 2.75) is 6.04 Å². The highest BCUT2D eigenvalue weighted by molar-refractivity contribution is 7.90. The minimum absolute atomic E-state index is 0. The lowest BCUT2D eigenvalue weighted by Crippen LogP contribution is -2.38. The fourth-order valence-corrected chi connectivity index (χ4v) is 2.06. The lowest BCUT2D eigenvalue weighted by atomic mass is 10.1. The van der Waals surface area contributed by atoms with Gasteiger partial charge in [-0.15, -0.1) is 12.4 Å². The van der Waals surface area contributed by atoms with Crippen molar-refractivity contribution in [1.82, 2.24) is 4.90 Å². The molecule has 19 heavy (non-hydrogen) atoms. The standard InChI is InChI=1S/C12H18N2O3S.ClH/c1-14(8-9-18(2,16)17)12(15)11(13)10-6-4-3-5-7-10;/h3-7,11H,8-9,13H2,1-2H3;1H. The molecule has 1 aromatic carbocycles. The van der Waals surface area contributed by atoms with Crippen molar-refractivity contribution >= 4 is 28.2 Å². The molecule has 1 amide bonds. The van der Waals surface area contributed by atoms with Crippen LogP contribution in [0.4, 0.5) is 0 Å². The van der Waals surface area contributed by atoms with E-state index < -0.39 is 15.9 Å². The van der Waals surface area contributed by atoms with E-state index in [0.29, 0.717) is 5.56 Å². The monoisotopic (exact) mass is 306 g/mol. The largest absolute Gasteiger partial charge is 0.343 e. The molecular formula is C12H19ClN2O3S. The number of halogens is 1. The second-order valence-corrected chi connectivity index (χ2v) is 6.54. The van der Waals surface area contributed by atoms with E-state index in [9.17, 15) is 13.2 Å². The van der Waals surface area contributed by atoms with Crippen molar-refractivity contribution in [3.63, 3.8) is 0 Å². The van der Waals surface area contributed by atoms with Crippen LogP contribution in [-0.2, 0) is 14.6 Å². The first-order valence-corrected chi connectivity index (χ1v) is 7.60. The summed E-state index contributed by atoms with van der Waals surface area (Å²) >= 11 is 0. The third-order valence-electron chi connectivity index (χ3n) is 2.60. The van der Waals surface area contributed by atoms with E-state index in [0.717, 1.165) is 6.26 Å². The van der Waals surface area contributed by atoms with Crippen LogP contribution < -0.4 is 5.73 Å². The van der Waals surface area contributed by atoms with Gasteiger partial charge in [-0.05, 0) is 5.56 Å². The van der Waals surface area contributed by atoms with Gasteiger partial charge in [0.2, 0.25) is 5.91 Å². The molecule has 7 heteroatoms. The third-order valence-corrected chi connectivity index (χ3v) is 3.52. The first kappa shape index (κ1) is 17.9. The van der Waals surface area contributed by atoms with E-state index in [4.69, 9.17) is 5.73 Å². The van der Waals surface area contributed by atoms with Crippen LogP contribution in [0.3, 0.4) is 0 Å².